The maximum absolute atomic E-state index is 4.82. The van der Waals surface area contributed by atoms with Crippen molar-refractivity contribution in [3.8, 4) is 0 Å². The molecule has 3 heteroatoms. The molecular formula is C14H21N3. The molecule has 2 rings (SSSR count). The Bertz CT molecular complexity index is 520. The van der Waals surface area contributed by atoms with E-state index in [0.717, 1.165) is 11.5 Å². The van der Waals surface area contributed by atoms with Gasteiger partial charge in [-0.1, -0.05) is 20.8 Å². The van der Waals surface area contributed by atoms with Crippen molar-refractivity contribution < 1.29 is 0 Å². The zero-order valence-electron chi connectivity index (χ0n) is 11.3. The van der Waals surface area contributed by atoms with Crippen LogP contribution in [0, 0.1) is 0 Å². The molecule has 2 aromatic rings. The maximum Gasteiger partial charge on any atom is 0.130 e. The van der Waals surface area contributed by atoms with E-state index in [9.17, 15) is 0 Å². The third-order valence-corrected chi connectivity index (χ3v) is 3.14. The average Bonchev–Trinajstić information content (AvgIpc) is 2.73. The van der Waals surface area contributed by atoms with E-state index in [2.05, 4.69) is 61.8 Å². The van der Waals surface area contributed by atoms with Crippen LogP contribution in [0.2, 0.25) is 0 Å². The zero-order valence-corrected chi connectivity index (χ0v) is 11.3. The van der Waals surface area contributed by atoms with Crippen molar-refractivity contribution in [1.82, 2.24) is 14.7 Å². The molecule has 3 nitrogen and oxygen atoms in total. The number of hydrogen-bond acceptors (Lipinski definition) is 2. The second-order valence-electron chi connectivity index (χ2n) is 5.56. The summed E-state index contributed by atoms with van der Waals surface area (Å²) in [6.45, 7) is 8.72. The molecule has 0 saturated carbocycles. The van der Waals surface area contributed by atoms with Crippen LogP contribution in [0.25, 0.3) is 5.52 Å². The Morgan fingerprint density at radius 2 is 2.06 bits per heavy atom. The van der Waals surface area contributed by atoms with Crippen LogP contribution in [0.15, 0.2) is 24.4 Å². The van der Waals surface area contributed by atoms with Crippen LogP contribution in [0.3, 0.4) is 0 Å². The Morgan fingerprint density at radius 3 is 2.65 bits per heavy atom. The van der Waals surface area contributed by atoms with Gasteiger partial charge >= 0.3 is 0 Å². The highest BCUT2D eigenvalue weighted by molar-refractivity contribution is 5.50. The molecule has 1 N–H and O–H groups in total. The highest BCUT2D eigenvalue weighted by atomic mass is 15.0. The summed E-state index contributed by atoms with van der Waals surface area (Å²) in [5, 5.41) is 3.26. The minimum absolute atomic E-state index is 0.0776. The first-order valence-corrected chi connectivity index (χ1v) is 6.09. The molecule has 1 atom stereocenters. The van der Waals surface area contributed by atoms with Crippen LogP contribution in [0.4, 0.5) is 0 Å². The first-order valence-electron chi connectivity index (χ1n) is 6.09. The second kappa shape index (κ2) is 4.15. The number of fused-ring (bicyclic) bond motifs is 1. The monoisotopic (exact) mass is 231 g/mol. The minimum atomic E-state index is 0.0776. The van der Waals surface area contributed by atoms with Crippen molar-refractivity contribution >= 4 is 5.52 Å². The summed E-state index contributed by atoms with van der Waals surface area (Å²) in [5.41, 5.74) is 2.43. The molecule has 92 valence electrons. The highest BCUT2D eigenvalue weighted by Gasteiger charge is 2.19. The smallest absolute Gasteiger partial charge is 0.130 e. The lowest BCUT2D eigenvalue weighted by molar-refractivity contribution is 0.541. The summed E-state index contributed by atoms with van der Waals surface area (Å²) in [6, 6.07) is 6.61. The van der Waals surface area contributed by atoms with Crippen molar-refractivity contribution in [2.24, 2.45) is 0 Å². The van der Waals surface area contributed by atoms with Crippen LogP contribution < -0.4 is 5.32 Å². The molecule has 0 radical (unpaired) electrons. The molecular weight excluding hydrogens is 210 g/mol. The van der Waals surface area contributed by atoms with Gasteiger partial charge in [0.25, 0.3) is 0 Å². The van der Waals surface area contributed by atoms with Gasteiger partial charge in [0.15, 0.2) is 0 Å². The summed E-state index contributed by atoms with van der Waals surface area (Å²) in [5.74, 6) is 1.07. The SMILES string of the molecule is CNC(C)c1nc(C(C)(C)C)cc2cccn12. The predicted molar refractivity (Wildman–Crippen MR) is 71.4 cm³/mol. The van der Waals surface area contributed by atoms with Crippen LogP contribution in [0.1, 0.15) is 45.3 Å². The van der Waals surface area contributed by atoms with Crippen molar-refractivity contribution in [2.45, 2.75) is 39.2 Å². The van der Waals surface area contributed by atoms with Gasteiger partial charge in [-0.2, -0.15) is 0 Å². The summed E-state index contributed by atoms with van der Waals surface area (Å²) < 4.78 is 2.15. The van der Waals surface area contributed by atoms with Crippen molar-refractivity contribution in [3.05, 3.63) is 35.9 Å². The third kappa shape index (κ3) is 2.20. The molecule has 0 aliphatic rings. The summed E-state index contributed by atoms with van der Waals surface area (Å²) in [4.78, 5) is 4.82. The van der Waals surface area contributed by atoms with E-state index in [0.29, 0.717) is 0 Å². The van der Waals surface area contributed by atoms with E-state index < -0.39 is 0 Å². The molecule has 0 aliphatic heterocycles. The van der Waals surface area contributed by atoms with Gasteiger partial charge < -0.3 is 9.72 Å². The highest BCUT2D eigenvalue weighted by Crippen LogP contribution is 2.24. The van der Waals surface area contributed by atoms with E-state index in [-0.39, 0.29) is 11.5 Å². The van der Waals surface area contributed by atoms with Gasteiger partial charge in [0.2, 0.25) is 0 Å². The first-order chi connectivity index (χ1) is 7.93. The first kappa shape index (κ1) is 12.1. The number of aromatic nitrogens is 2. The van der Waals surface area contributed by atoms with E-state index in [1.54, 1.807) is 0 Å². The lowest BCUT2D eigenvalue weighted by Crippen LogP contribution is -2.21. The van der Waals surface area contributed by atoms with Gasteiger partial charge in [-0.3, -0.25) is 0 Å². The molecule has 0 fully saturated rings. The van der Waals surface area contributed by atoms with Gasteiger partial charge in [0.1, 0.15) is 5.82 Å². The summed E-state index contributed by atoms with van der Waals surface area (Å²) in [6.07, 6.45) is 2.07. The average molecular weight is 231 g/mol. The minimum Gasteiger partial charge on any atom is -0.311 e. The molecule has 2 aromatic heterocycles. The van der Waals surface area contributed by atoms with E-state index in [1.807, 2.05) is 7.05 Å². The van der Waals surface area contributed by atoms with Crippen LogP contribution in [-0.4, -0.2) is 16.4 Å². The van der Waals surface area contributed by atoms with Crippen LogP contribution >= 0.6 is 0 Å². The maximum atomic E-state index is 4.82. The molecule has 0 amide bonds. The lowest BCUT2D eigenvalue weighted by atomic mass is 9.91. The Hall–Kier alpha value is -1.35. The molecule has 0 saturated heterocycles. The topological polar surface area (TPSA) is 29.3 Å². The molecule has 0 aromatic carbocycles. The number of nitrogens with one attached hydrogen (secondary N) is 1. The fourth-order valence-corrected chi connectivity index (χ4v) is 1.89. The van der Waals surface area contributed by atoms with Crippen LogP contribution in [0.5, 0.6) is 0 Å². The Labute approximate surface area is 103 Å². The fourth-order valence-electron chi connectivity index (χ4n) is 1.89. The fraction of sp³-hybridized carbons (Fsp3) is 0.500. The third-order valence-electron chi connectivity index (χ3n) is 3.14. The number of hydrogen-bond donors (Lipinski definition) is 1. The van der Waals surface area contributed by atoms with Gasteiger partial charge in [-0.05, 0) is 32.2 Å². The molecule has 0 spiro atoms. The zero-order chi connectivity index (χ0) is 12.6. The van der Waals surface area contributed by atoms with E-state index in [1.165, 1.54) is 5.52 Å². The van der Waals surface area contributed by atoms with Gasteiger partial charge in [-0.15, -0.1) is 0 Å². The predicted octanol–water partition coefficient (Wildman–Crippen LogP) is 2.91. The molecule has 17 heavy (non-hydrogen) atoms. The van der Waals surface area contributed by atoms with Crippen molar-refractivity contribution in [2.75, 3.05) is 7.05 Å². The van der Waals surface area contributed by atoms with Crippen molar-refractivity contribution in [3.63, 3.8) is 0 Å². The van der Waals surface area contributed by atoms with E-state index >= 15 is 0 Å². The van der Waals surface area contributed by atoms with Gasteiger partial charge in [-0.25, -0.2) is 4.98 Å². The molecule has 1 unspecified atom stereocenters. The summed E-state index contributed by atoms with van der Waals surface area (Å²) in [7, 11) is 1.96. The Kier molecular flexibility index (Phi) is 2.96. The normalized spacial score (nSPS) is 14.2. The van der Waals surface area contributed by atoms with E-state index in [4.69, 9.17) is 4.98 Å². The Morgan fingerprint density at radius 1 is 1.35 bits per heavy atom. The number of nitrogens with zero attached hydrogens (tertiary/aromatic N) is 2. The second-order valence-corrected chi connectivity index (χ2v) is 5.56. The largest absolute Gasteiger partial charge is 0.311 e. The van der Waals surface area contributed by atoms with Crippen LogP contribution in [-0.2, 0) is 5.41 Å². The lowest BCUT2D eigenvalue weighted by Gasteiger charge is -2.21. The molecule has 0 aliphatic carbocycles. The Balaban J connectivity index is 2.67. The number of rotatable bonds is 2. The van der Waals surface area contributed by atoms with Gasteiger partial charge in [0.05, 0.1) is 6.04 Å². The quantitative estimate of drug-likeness (QED) is 0.861. The van der Waals surface area contributed by atoms with Gasteiger partial charge in [0, 0.05) is 22.8 Å². The summed E-state index contributed by atoms with van der Waals surface area (Å²) >= 11 is 0. The molecule has 0 bridgehead atoms. The molecule has 2 heterocycles. The van der Waals surface area contributed by atoms with Crippen molar-refractivity contribution in [1.29, 1.82) is 0 Å². The standard InChI is InChI=1S/C14H21N3/c1-10(15-5)13-16-12(14(2,3)4)9-11-7-6-8-17(11)13/h6-10,15H,1-5H3.